The molecule has 0 saturated heterocycles. The number of aromatic nitrogens is 6. The zero-order chi connectivity index (χ0) is 28.8. The summed E-state index contributed by atoms with van der Waals surface area (Å²) in [6.07, 6.45) is 1.06. The number of carbonyl (C=O) groups excluding carboxylic acids is 1. The number of anilines is 1. The summed E-state index contributed by atoms with van der Waals surface area (Å²) in [5.41, 5.74) is 0.294. The number of halogens is 2. The van der Waals surface area contributed by atoms with Crippen molar-refractivity contribution >= 4 is 30.8 Å². The average Bonchev–Trinajstić information content (AvgIpc) is 3.34. The second-order valence-electron chi connectivity index (χ2n) is 11.5. The Hall–Kier alpha value is -3.84. The van der Waals surface area contributed by atoms with Crippen LogP contribution in [0.15, 0.2) is 30.5 Å². The lowest BCUT2D eigenvalue weighted by atomic mass is 9.91. The highest BCUT2D eigenvalue weighted by Crippen LogP contribution is 2.39. The van der Waals surface area contributed by atoms with Gasteiger partial charge in [0.05, 0.1) is 30.7 Å². The van der Waals surface area contributed by atoms with E-state index in [9.17, 15) is 13.6 Å². The first-order valence-corrected chi connectivity index (χ1v) is 16.6. The minimum absolute atomic E-state index is 0.000885. The molecule has 4 aromatic rings. The van der Waals surface area contributed by atoms with E-state index in [2.05, 4.69) is 44.9 Å². The Morgan fingerprint density at radius 1 is 1.12 bits per heavy atom. The first kappa shape index (κ1) is 27.7. The van der Waals surface area contributed by atoms with Gasteiger partial charge in [-0.15, -0.1) is 24.3 Å². The van der Waals surface area contributed by atoms with E-state index in [1.54, 1.807) is 26.0 Å². The van der Waals surface area contributed by atoms with E-state index < -0.39 is 25.1 Å². The van der Waals surface area contributed by atoms with Gasteiger partial charge in [0.15, 0.2) is 23.0 Å². The van der Waals surface area contributed by atoms with Gasteiger partial charge in [-0.2, -0.15) is 24.7 Å². The van der Waals surface area contributed by atoms with Crippen molar-refractivity contribution in [3.8, 4) is 17.3 Å². The number of pyridine rings is 1. The van der Waals surface area contributed by atoms with Gasteiger partial charge in [-0.3, -0.25) is 9.69 Å². The van der Waals surface area contributed by atoms with Crippen LogP contribution in [0.2, 0.25) is 25.7 Å². The molecule has 1 aliphatic heterocycles. The van der Waals surface area contributed by atoms with Crippen molar-refractivity contribution in [1.29, 1.82) is 0 Å². The van der Waals surface area contributed by atoms with E-state index in [0.717, 1.165) is 12.2 Å². The minimum Gasteiger partial charge on any atom is -0.494 e. The second-order valence-corrected chi connectivity index (χ2v) is 17.1. The number of fused-ring (bicyclic) bond motifs is 2. The Morgan fingerprint density at radius 2 is 1.90 bits per heavy atom. The largest absolute Gasteiger partial charge is 0.494 e. The molecule has 0 spiro atoms. The Balaban J connectivity index is 1.54. The summed E-state index contributed by atoms with van der Waals surface area (Å²) in [5.74, 6) is -0.815. The highest BCUT2D eigenvalue weighted by molar-refractivity contribution is 6.76. The van der Waals surface area contributed by atoms with Gasteiger partial charge in [-0.05, 0) is 26.0 Å². The number of hydrogen-bond acceptors (Lipinski definition) is 8. The highest BCUT2D eigenvalue weighted by atomic mass is 28.3. The van der Waals surface area contributed by atoms with Gasteiger partial charge in [0.25, 0.3) is 0 Å². The van der Waals surface area contributed by atoms with E-state index in [0.29, 0.717) is 34.7 Å². The summed E-state index contributed by atoms with van der Waals surface area (Å²) < 4.78 is 41.7. The van der Waals surface area contributed by atoms with Crippen molar-refractivity contribution in [2.75, 3.05) is 25.3 Å². The summed E-state index contributed by atoms with van der Waals surface area (Å²) in [4.78, 5) is 23.6. The number of hydrogen-bond donors (Lipinski definition) is 0. The molecule has 0 saturated carbocycles. The summed E-state index contributed by atoms with van der Waals surface area (Å²) in [6.45, 7) is 10.8. The van der Waals surface area contributed by atoms with E-state index in [-0.39, 0.29) is 36.5 Å². The van der Waals surface area contributed by atoms with Crippen LogP contribution in [-0.4, -0.2) is 64.4 Å². The lowest BCUT2D eigenvalue weighted by Crippen LogP contribution is -2.38. The molecule has 5 rings (SSSR count). The Morgan fingerprint density at radius 3 is 2.62 bits per heavy atom. The van der Waals surface area contributed by atoms with Crippen LogP contribution in [-0.2, 0) is 21.5 Å². The van der Waals surface area contributed by atoms with Crippen molar-refractivity contribution in [3.63, 3.8) is 0 Å². The third-order valence-corrected chi connectivity index (χ3v) is 8.57. The van der Waals surface area contributed by atoms with Gasteiger partial charge >= 0.3 is 0 Å². The van der Waals surface area contributed by atoms with Crippen molar-refractivity contribution in [2.45, 2.75) is 51.5 Å². The minimum atomic E-state index is -1.31. The molecule has 4 heterocycles. The van der Waals surface area contributed by atoms with Crippen LogP contribution in [0.3, 0.4) is 0 Å². The van der Waals surface area contributed by atoms with Crippen LogP contribution < -0.4 is 9.64 Å². The quantitative estimate of drug-likeness (QED) is 0.214. The summed E-state index contributed by atoms with van der Waals surface area (Å²) in [6, 6.07) is 7.02. The van der Waals surface area contributed by atoms with Crippen LogP contribution in [0.25, 0.3) is 22.6 Å². The SMILES string of the molecule is COc1cccc(Cn2nc(-c3nnc4c(n3)N(COCC[Si-](C)(C)C)C(=O)C4(C)C)c3cc(F)cnc32)c1F. The lowest BCUT2D eigenvalue weighted by molar-refractivity contribution is -0.123. The fourth-order valence-electron chi connectivity index (χ4n) is 4.51. The van der Waals surface area contributed by atoms with Crippen molar-refractivity contribution in [2.24, 2.45) is 0 Å². The van der Waals surface area contributed by atoms with E-state index in [1.165, 1.54) is 28.8 Å². The molecule has 0 bridgehead atoms. The van der Waals surface area contributed by atoms with Crippen molar-refractivity contribution in [3.05, 3.63) is 53.4 Å². The molecular weight excluding hydrogens is 536 g/mol. The van der Waals surface area contributed by atoms with Gasteiger partial charge in [0, 0.05) is 12.2 Å². The smallest absolute Gasteiger partial charge is 0.242 e. The third kappa shape index (κ3) is 5.06. The number of methoxy groups -OCH3 is 1. The standard InChI is InChI=1S/C27H31F2N7O3Si/c1-27(2)22-25(35(26(27)37)15-39-10-11-40(4,5)6)31-23(33-32-22)21-18-12-17(28)13-30-24(18)36(34-21)14-16-8-7-9-19(38-3)20(16)29/h7-9,12-13H,10-11,14-15H2,1-6H3/q-1. The second kappa shape index (κ2) is 10.3. The highest BCUT2D eigenvalue weighted by Gasteiger charge is 2.47. The first-order chi connectivity index (χ1) is 18.9. The lowest BCUT2D eigenvalue weighted by Gasteiger charge is -2.27. The molecule has 0 fully saturated rings. The number of amides is 1. The first-order valence-electron chi connectivity index (χ1n) is 12.9. The molecule has 0 N–H and O–H groups in total. The summed E-state index contributed by atoms with van der Waals surface area (Å²) >= 11 is 0. The fourth-order valence-corrected chi connectivity index (χ4v) is 5.26. The third-order valence-electron chi connectivity index (χ3n) is 6.86. The Bertz CT molecular complexity index is 1600. The van der Waals surface area contributed by atoms with Gasteiger partial charge in [-0.1, -0.05) is 12.1 Å². The summed E-state index contributed by atoms with van der Waals surface area (Å²) in [5, 5.41) is 13.5. The molecule has 3 aromatic heterocycles. The van der Waals surface area contributed by atoms with Crippen LogP contribution in [0.4, 0.5) is 14.6 Å². The van der Waals surface area contributed by atoms with Gasteiger partial charge in [0.2, 0.25) is 11.7 Å². The number of nitrogens with zero attached hydrogens (tertiary/aromatic N) is 7. The molecule has 0 radical (unpaired) electrons. The zero-order valence-electron chi connectivity index (χ0n) is 23.3. The molecule has 1 aliphatic rings. The maximum absolute atomic E-state index is 14.9. The number of benzene rings is 1. The average molecular weight is 568 g/mol. The van der Waals surface area contributed by atoms with Crippen molar-refractivity contribution in [1.82, 2.24) is 29.9 Å². The Labute approximate surface area is 231 Å². The monoisotopic (exact) mass is 567 g/mol. The van der Waals surface area contributed by atoms with Crippen LogP contribution >= 0.6 is 0 Å². The number of rotatable bonds is 9. The molecule has 13 heteroatoms. The topological polar surface area (TPSA) is 108 Å². The fraction of sp³-hybridized carbons (Fsp3) is 0.407. The summed E-state index contributed by atoms with van der Waals surface area (Å²) in [7, 11) is 0.0738. The normalized spacial score (nSPS) is 14.7. The molecule has 0 aliphatic carbocycles. The van der Waals surface area contributed by atoms with Crippen LogP contribution in [0, 0.1) is 11.6 Å². The molecule has 0 unspecified atom stereocenters. The molecular formula is C27H31F2N7O3Si-. The predicted octanol–water partition coefficient (Wildman–Crippen LogP) is 4.55. The van der Waals surface area contributed by atoms with Crippen molar-refractivity contribution < 1.29 is 23.0 Å². The van der Waals surface area contributed by atoms with Gasteiger partial charge < -0.3 is 9.47 Å². The van der Waals surface area contributed by atoms with E-state index in [1.807, 2.05) is 0 Å². The molecule has 1 aromatic carbocycles. The van der Waals surface area contributed by atoms with Crippen LogP contribution in [0.1, 0.15) is 25.1 Å². The molecule has 1 amide bonds. The van der Waals surface area contributed by atoms with E-state index >= 15 is 0 Å². The molecule has 211 valence electrons. The maximum atomic E-state index is 14.9. The van der Waals surface area contributed by atoms with Gasteiger partial charge in [-0.25, -0.2) is 23.4 Å². The zero-order valence-corrected chi connectivity index (χ0v) is 24.3. The van der Waals surface area contributed by atoms with E-state index in [4.69, 9.17) is 9.47 Å². The number of ether oxygens (including phenoxy) is 2. The molecule has 10 nitrogen and oxygen atoms in total. The Kier molecular flexibility index (Phi) is 7.12. The predicted molar refractivity (Wildman–Crippen MR) is 148 cm³/mol. The number of carbonyl (C=O) groups is 1. The van der Waals surface area contributed by atoms with Crippen LogP contribution in [0.5, 0.6) is 5.75 Å². The van der Waals surface area contributed by atoms with Gasteiger partial charge in [0.1, 0.15) is 23.9 Å². The molecule has 40 heavy (non-hydrogen) atoms. The molecule has 0 atom stereocenters. The maximum Gasteiger partial charge on any atom is 0.242 e.